The van der Waals surface area contributed by atoms with Crippen LogP contribution in [0.25, 0.3) is 0 Å². The zero-order valence-electron chi connectivity index (χ0n) is 14.6. The number of piperazine rings is 1. The van der Waals surface area contributed by atoms with Crippen LogP contribution in [0.15, 0.2) is 0 Å². The summed E-state index contributed by atoms with van der Waals surface area (Å²) in [7, 11) is 2.29. The number of tetrazole rings is 1. The number of ether oxygens (including phenoxy) is 1. The summed E-state index contributed by atoms with van der Waals surface area (Å²) in [4.78, 5) is 3.30. The highest BCUT2D eigenvalue weighted by Gasteiger charge is 2.33. The minimum atomic E-state index is 0.288. The molecule has 0 radical (unpaired) electrons. The minimum Gasteiger partial charge on any atom is -0.376 e. The lowest BCUT2D eigenvalue weighted by Crippen LogP contribution is -3.27. The van der Waals surface area contributed by atoms with E-state index in [4.69, 9.17) is 4.74 Å². The molecule has 3 heterocycles. The van der Waals surface area contributed by atoms with Crippen molar-refractivity contribution in [3.05, 3.63) is 5.82 Å². The van der Waals surface area contributed by atoms with Gasteiger partial charge in [-0.05, 0) is 29.7 Å². The number of nitrogens with zero attached hydrogens (tertiary/aromatic N) is 4. The van der Waals surface area contributed by atoms with E-state index >= 15 is 0 Å². The quantitative estimate of drug-likeness (QED) is 0.641. The highest BCUT2D eigenvalue weighted by molar-refractivity contribution is 4.88. The first-order chi connectivity index (χ1) is 11.3. The van der Waals surface area contributed by atoms with Crippen molar-refractivity contribution in [1.29, 1.82) is 0 Å². The van der Waals surface area contributed by atoms with E-state index in [1.807, 2.05) is 4.68 Å². The molecule has 0 saturated carbocycles. The van der Waals surface area contributed by atoms with Gasteiger partial charge in [-0.3, -0.25) is 0 Å². The molecule has 0 aliphatic carbocycles. The Morgan fingerprint density at radius 1 is 1.30 bits per heavy atom. The van der Waals surface area contributed by atoms with Gasteiger partial charge in [0.1, 0.15) is 32.2 Å². The normalized spacial score (nSPS) is 29.7. The summed E-state index contributed by atoms with van der Waals surface area (Å²) in [6.45, 7) is 8.86. The summed E-state index contributed by atoms with van der Waals surface area (Å²) < 4.78 is 7.80. The fraction of sp³-hybridized carbons (Fsp3) is 0.938. The lowest BCUT2D eigenvalue weighted by Gasteiger charge is -2.32. The van der Waals surface area contributed by atoms with Gasteiger partial charge in [-0.15, -0.1) is 5.10 Å². The standard InChI is InChI=1S/C16H30N6O/c1-3-4-7-15(21-10-8-20(2)9-11-21)16-17-18-19-22(16)13-14-6-5-12-23-14/h14-15H,3-13H2,1-2H3/p+2/t14-,15+/m0/s1. The van der Waals surface area contributed by atoms with E-state index in [0.717, 1.165) is 31.8 Å². The number of hydrogen-bond donors (Lipinski definition) is 2. The summed E-state index contributed by atoms with van der Waals surface area (Å²) in [6.07, 6.45) is 6.22. The first-order valence-electron chi connectivity index (χ1n) is 9.31. The van der Waals surface area contributed by atoms with E-state index in [2.05, 4.69) is 29.5 Å². The van der Waals surface area contributed by atoms with Crippen molar-refractivity contribution in [2.75, 3.05) is 39.8 Å². The first kappa shape index (κ1) is 16.8. The van der Waals surface area contributed by atoms with E-state index in [1.165, 1.54) is 45.4 Å². The molecule has 3 rings (SSSR count). The Labute approximate surface area is 139 Å². The second-order valence-corrected chi connectivity index (χ2v) is 7.16. The van der Waals surface area contributed by atoms with Crippen molar-refractivity contribution in [3.63, 3.8) is 0 Å². The molecule has 0 unspecified atom stereocenters. The molecule has 2 saturated heterocycles. The summed E-state index contributed by atoms with van der Waals surface area (Å²) >= 11 is 0. The third kappa shape index (κ3) is 4.28. The molecule has 0 bridgehead atoms. The number of nitrogens with one attached hydrogen (secondary N) is 2. The maximum absolute atomic E-state index is 5.78. The highest BCUT2D eigenvalue weighted by Crippen LogP contribution is 2.18. The molecule has 2 N–H and O–H groups in total. The predicted molar refractivity (Wildman–Crippen MR) is 86.4 cm³/mol. The van der Waals surface area contributed by atoms with Crippen molar-refractivity contribution in [2.45, 2.75) is 57.7 Å². The molecule has 2 atom stereocenters. The zero-order valence-corrected chi connectivity index (χ0v) is 14.6. The van der Waals surface area contributed by atoms with Gasteiger partial charge in [-0.25, -0.2) is 4.68 Å². The number of unbranched alkanes of at least 4 members (excludes halogenated alkanes) is 1. The fourth-order valence-corrected chi connectivity index (χ4v) is 3.84. The Morgan fingerprint density at radius 2 is 2.13 bits per heavy atom. The Balaban J connectivity index is 1.72. The van der Waals surface area contributed by atoms with Crippen LogP contribution in [0.1, 0.15) is 50.9 Å². The molecule has 2 aliphatic heterocycles. The average molecular weight is 324 g/mol. The van der Waals surface area contributed by atoms with Crippen LogP contribution in [0.2, 0.25) is 0 Å². The SMILES string of the molecule is CCCC[C@H](c1nnnn1C[C@@H]1CCCO1)[NH+]1CC[NH+](C)CC1. The molecule has 7 nitrogen and oxygen atoms in total. The highest BCUT2D eigenvalue weighted by atomic mass is 16.5. The predicted octanol–water partition coefficient (Wildman–Crippen LogP) is -1.50. The molecule has 0 spiro atoms. The maximum Gasteiger partial charge on any atom is 0.209 e. The van der Waals surface area contributed by atoms with Gasteiger partial charge in [0.25, 0.3) is 0 Å². The summed E-state index contributed by atoms with van der Waals surface area (Å²) in [5.74, 6) is 1.07. The van der Waals surface area contributed by atoms with E-state index in [1.54, 1.807) is 9.80 Å². The molecule has 2 fully saturated rings. The van der Waals surface area contributed by atoms with E-state index in [0.29, 0.717) is 6.04 Å². The number of aromatic nitrogens is 4. The molecule has 23 heavy (non-hydrogen) atoms. The largest absolute Gasteiger partial charge is 0.376 e. The van der Waals surface area contributed by atoms with Crippen LogP contribution in [0, 0.1) is 0 Å². The number of rotatable bonds is 7. The van der Waals surface area contributed by atoms with Gasteiger partial charge in [0.15, 0.2) is 0 Å². The lowest BCUT2D eigenvalue weighted by molar-refractivity contribution is -1.02. The molecule has 130 valence electrons. The van der Waals surface area contributed by atoms with Gasteiger partial charge in [0.2, 0.25) is 5.82 Å². The maximum atomic E-state index is 5.78. The van der Waals surface area contributed by atoms with Crippen LogP contribution in [-0.2, 0) is 11.3 Å². The van der Waals surface area contributed by atoms with Gasteiger partial charge in [0, 0.05) is 13.0 Å². The molecular formula is C16H32N6O+2. The van der Waals surface area contributed by atoms with Gasteiger partial charge >= 0.3 is 0 Å². The van der Waals surface area contributed by atoms with Crippen molar-refractivity contribution < 1.29 is 14.5 Å². The molecule has 7 heteroatoms. The average Bonchev–Trinajstić information content (AvgIpc) is 3.22. The van der Waals surface area contributed by atoms with E-state index < -0.39 is 0 Å². The van der Waals surface area contributed by atoms with E-state index in [9.17, 15) is 0 Å². The molecule has 2 aliphatic rings. The first-order valence-corrected chi connectivity index (χ1v) is 9.31. The number of likely N-dealkylation sites (N-methyl/N-ethyl adjacent to an activating group) is 1. The van der Waals surface area contributed by atoms with Crippen molar-refractivity contribution in [3.8, 4) is 0 Å². The van der Waals surface area contributed by atoms with Crippen LogP contribution in [0.4, 0.5) is 0 Å². The van der Waals surface area contributed by atoms with Crippen molar-refractivity contribution in [1.82, 2.24) is 20.2 Å². The van der Waals surface area contributed by atoms with Gasteiger partial charge in [0.05, 0.1) is 19.7 Å². The minimum absolute atomic E-state index is 0.288. The third-order valence-electron chi connectivity index (χ3n) is 5.36. The summed E-state index contributed by atoms with van der Waals surface area (Å²) in [5.41, 5.74) is 0. The molecular weight excluding hydrogens is 292 g/mol. The molecule has 1 aromatic heterocycles. The molecule has 1 aromatic rings. The Morgan fingerprint density at radius 3 is 2.83 bits per heavy atom. The van der Waals surface area contributed by atoms with Crippen LogP contribution < -0.4 is 9.80 Å². The van der Waals surface area contributed by atoms with Crippen LogP contribution >= 0.6 is 0 Å². The zero-order chi connectivity index (χ0) is 16.1. The molecule has 0 aromatic carbocycles. The van der Waals surface area contributed by atoms with Crippen molar-refractivity contribution in [2.24, 2.45) is 0 Å². The van der Waals surface area contributed by atoms with Gasteiger partial charge < -0.3 is 14.5 Å². The monoisotopic (exact) mass is 324 g/mol. The fourth-order valence-electron chi connectivity index (χ4n) is 3.84. The van der Waals surface area contributed by atoms with Crippen LogP contribution in [0.3, 0.4) is 0 Å². The number of quaternary nitrogens is 2. The van der Waals surface area contributed by atoms with Crippen molar-refractivity contribution >= 4 is 0 Å². The Hall–Kier alpha value is -1.05. The third-order valence-corrected chi connectivity index (χ3v) is 5.36. The second kappa shape index (κ2) is 8.17. The molecule has 0 amide bonds. The second-order valence-electron chi connectivity index (χ2n) is 7.16. The summed E-state index contributed by atoms with van der Waals surface area (Å²) in [5, 5.41) is 12.7. The van der Waals surface area contributed by atoms with E-state index in [-0.39, 0.29) is 6.10 Å². The number of hydrogen-bond acceptors (Lipinski definition) is 4. The lowest BCUT2D eigenvalue weighted by atomic mass is 10.1. The van der Waals surface area contributed by atoms with Crippen LogP contribution in [-0.4, -0.2) is 66.1 Å². The topological polar surface area (TPSA) is 61.7 Å². The van der Waals surface area contributed by atoms with Gasteiger partial charge in [-0.2, -0.15) is 0 Å². The Kier molecular flexibility index (Phi) is 5.96. The van der Waals surface area contributed by atoms with Crippen LogP contribution in [0.5, 0.6) is 0 Å². The van der Waals surface area contributed by atoms with Gasteiger partial charge in [-0.1, -0.05) is 13.3 Å². The Bertz CT molecular complexity index is 465. The smallest absolute Gasteiger partial charge is 0.209 e. The summed E-state index contributed by atoms with van der Waals surface area (Å²) in [6, 6.07) is 0.430.